The molecule has 0 aliphatic rings. The molecule has 1 atom stereocenters. The van der Waals surface area contributed by atoms with Crippen LogP contribution in [0.4, 0.5) is 0 Å². The Bertz CT molecular complexity index is 321. The second-order valence-electron chi connectivity index (χ2n) is 3.73. The first-order valence-electron chi connectivity index (χ1n) is 5.44. The zero-order chi connectivity index (χ0) is 11.4. The Kier molecular flexibility index (Phi) is 5.33. The van der Waals surface area contributed by atoms with E-state index in [1.807, 2.05) is 11.7 Å². The van der Waals surface area contributed by atoms with Crippen molar-refractivity contribution in [3.63, 3.8) is 0 Å². The van der Waals surface area contributed by atoms with E-state index in [1.54, 1.807) is 0 Å². The van der Waals surface area contributed by atoms with Gasteiger partial charge >= 0.3 is 0 Å². The van der Waals surface area contributed by atoms with Crippen molar-refractivity contribution in [3.8, 4) is 0 Å². The fraction of sp³-hybridized carbons (Fsp3) is 0.727. The Morgan fingerprint density at radius 1 is 1.40 bits per heavy atom. The Morgan fingerprint density at radius 2 is 2.07 bits per heavy atom. The summed E-state index contributed by atoms with van der Waals surface area (Å²) in [6.45, 7) is 4.34. The maximum absolute atomic E-state index is 4.49. The summed E-state index contributed by atoms with van der Waals surface area (Å²) in [5.74, 6) is 0. The molecule has 0 spiro atoms. The average molecular weight is 338 g/mol. The highest BCUT2D eigenvalue weighted by atomic mass is 79.9. The molecular formula is C11H18Br2N2. The number of hydrogen-bond donors (Lipinski definition) is 0. The molecule has 0 aromatic carbocycles. The van der Waals surface area contributed by atoms with E-state index in [1.165, 1.54) is 16.6 Å². The predicted molar refractivity (Wildman–Crippen MR) is 71.6 cm³/mol. The van der Waals surface area contributed by atoms with E-state index < -0.39 is 0 Å². The summed E-state index contributed by atoms with van der Waals surface area (Å²) < 4.78 is 3.20. The van der Waals surface area contributed by atoms with E-state index in [-0.39, 0.29) is 0 Å². The number of halogens is 2. The molecule has 1 aromatic heterocycles. The molecule has 1 rings (SSSR count). The number of rotatable bonds is 5. The molecule has 0 fully saturated rings. The summed E-state index contributed by atoms with van der Waals surface area (Å²) in [5.41, 5.74) is 2.47. The molecule has 2 nitrogen and oxygen atoms in total. The van der Waals surface area contributed by atoms with Crippen LogP contribution >= 0.6 is 31.9 Å². The molecule has 0 bridgehead atoms. The van der Waals surface area contributed by atoms with Gasteiger partial charge in [0, 0.05) is 11.9 Å². The SMILES string of the molecule is CCc1nn(C)c(CCC(Br)CC)c1Br. The predicted octanol–water partition coefficient (Wildman–Crippen LogP) is 3.85. The molecule has 15 heavy (non-hydrogen) atoms. The van der Waals surface area contributed by atoms with Crippen LogP contribution in [-0.4, -0.2) is 14.6 Å². The van der Waals surface area contributed by atoms with Crippen molar-refractivity contribution in [3.05, 3.63) is 15.9 Å². The second kappa shape index (κ2) is 6.04. The third kappa shape index (κ3) is 3.31. The van der Waals surface area contributed by atoms with Crippen LogP contribution in [0.3, 0.4) is 0 Å². The van der Waals surface area contributed by atoms with Gasteiger partial charge in [0.1, 0.15) is 0 Å². The molecule has 0 saturated carbocycles. The summed E-state index contributed by atoms with van der Waals surface area (Å²) in [5, 5.41) is 4.49. The third-order valence-electron chi connectivity index (χ3n) is 2.64. The monoisotopic (exact) mass is 336 g/mol. The normalized spacial score (nSPS) is 13.1. The van der Waals surface area contributed by atoms with Crippen LogP contribution in [0.25, 0.3) is 0 Å². The van der Waals surface area contributed by atoms with E-state index >= 15 is 0 Å². The van der Waals surface area contributed by atoms with Crippen molar-refractivity contribution < 1.29 is 0 Å². The molecular weight excluding hydrogens is 320 g/mol. The highest BCUT2D eigenvalue weighted by Crippen LogP contribution is 2.24. The molecule has 0 aliphatic heterocycles. The highest BCUT2D eigenvalue weighted by Gasteiger charge is 2.13. The van der Waals surface area contributed by atoms with Gasteiger partial charge in [-0.2, -0.15) is 5.10 Å². The van der Waals surface area contributed by atoms with Gasteiger partial charge in [0.2, 0.25) is 0 Å². The van der Waals surface area contributed by atoms with Gasteiger partial charge in [0.25, 0.3) is 0 Å². The Labute approximate surface area is 109 Å². The van der Waals surface area contributed by atoms with Gasteiger partial charge < -0.3 is 0 Å². The van der Waals surface area contributed by atoms with Crippen LogP contribution in [0.15, 0.2) is 4.47 Å². The Morgan fingerprint density at radius 3 is 2.53 bits per heavy atom. The molecule has 0 radical (unpaired) electrons. The molecule has 86 valence electrons. The summed E-state index contributed by atoms with van der Waals surface area (Å²) in [6.07, 6.45) is 4.40. The van der Waals surface area contributed by atoms with Gasteiger partial charge in [0.15, 0.2) is 0 Å². The minimum atomic E-state index is 0.615. The molecule has 1 aromatic rings. The van der Waals surface area contributed by atoms with E-state index in [0.717, 1.165) is 25.0 Å². The number of aromatic nitrogens is 2. The minimum Gasteiger partial charge on any atom is -0.271 e. The van der Waals surface area contributed by atoms with Crippen LogP contribution in [0.5, 0.6) is 0 Å². The van der Waals surface area contributed by atoms with Gasteiger partial charge in [-0.05, 0) is 41.6 Å². The van der Waals surface area contributed by atoms with Crippen molar-refractivity contribution in [2.45, 2.75) is 44.4 Å². The number of aryl methyl sites for hydroxylation is 2. The zero-order valence-electron chi connectivity index (χ0n) is 9.56. The van der Waals surface area contributed by atoms with Crippen LogP contribution in [0, 0.1) is 0 Å². The summed E-state index contributed by atoms with van der Waals surface area (Å²) in [6, 6.07) is 0. The molecule has 0 N–H and O–H groups in total. The van der Waals surface area contributed by atoms with E-state index in [9.17, 15) is 0 Å². The van der Waals surface area contributed by atoms with E-state index in [4.69, 9.17) is 0 Å². The summed E-state index contributed by atoms with van der Waals surface area (Å²) >= 11 is 7.30. The van der Waals surface area contributed by atoms with E-state index in [0.29, 0.717) is 4.83 Å². The van der Waals surface area contributed by atoms with Gasteiger partial charge in [-0.15, -0.1) is 0 Å². The second-order valence-corrected chi connectivity index (χ2v) is 5.82. The smallest absolute Gasteiger partial charge is 0.0766 e. The summed E-state index contributed by atoms with van der Waals surface area (Å²) in [4.78, 5) is 0.615. The number of hydrogen-bond acceptors (Lipinski definition) is 1. The third-order valence-corrected chi connectivity index (χ3v) is 4.66. The molecule has 1 heterocycles. The average Bonchev–Trinajstić information content (AvgIpc) is 2.51. The largest absolute Gasteiger partial charge is 0.271 e. The fourth-order valence-corrected chi connectivity index (χ4v) is 2.63. The molecule has 0 saturated heterocycles. The number of nitrogens with zero attached hydrogens (tertiary/aromatic N) is 2. The highest BCUT2D eigenvalue weighted by molar-refractivity contribution is 9.10. The lowest BCUT2D eigenvalue weighted by molar-refractivity contribution is 0.659. The standard InChI is InChI=1S/C11H18Br2N2/c1-4-8(12)6-7-10-11(13)9(5-2)14-15(10)3/h8H,4-7H2,1-3H3. The lowest BCUT2D eigenvalue weighted by Crippen LogP contribution is -2.03. The molecule has 0 amide bonds. The van der Waals surface area contributed by atoms with Crippen LogP contribution < -0.4 is 0 Å². The Balaban J connectivity index is 2.72. The first-order valence-corrected chi connectivity index (χ1v) is 7.15. The van der Waals surface area contributed by atoms with Gasteiger partial charge in [-0.3, -0.25) is 4.68 Å². The lowest BCUT2D eigenvalue weighted by Gasteiger charge is -2.07. The number of alkyl halides is 1. The fourth-order valence-electron chi connectivity index (χ4n) is 1.59. The maximum atomic E-state index is 4.49. The molecule has 4 heteroatoms. The Hall–Kier alpha value is 0.170. The van der Waals surface area contributed by atoms with Gasteiger partial charge in [-0.1, -0.05) is 29.8 Å². The first kappa shape index (κ1) is 13.2. The maximum Gasteiger partial charge on any atom is 0.0766 e. The van der Waals surface area contributed by atoms with Gasteiger partial charge in [0.05, 0.1) is 15.9 Å². The van der Waals surface area contributed by atoms with Gasteiger partial charge in [-0.25, -0.2) is 0 Å². The summed E-state index contributed by atoms with van der Waals surface area (Å²) in [7, 11) is 2.02. The molecule has 0 aliphatic carbocycles. The van der Waals surface area contributed by atoms with Crippen molar-refractivity contribution in [1.29, 1.82) is 0 Å². The van der Waals surface area contributed by atoms with Crippen molar-refractivity contribution in [2.24, 2.45) is 7.05 Å². The topological polar surface area (TPSA) is 17.8 Å². The van der Waals surface area contributed by atoms with Crippen LogP contribution in [-0.2, 0) is 19.9 Å². The van der Waals surface area contributed by atoms with Crippen molar-refractivity contribution in [1.82, 2.24) is 9.78 Å². The van der Waals surface area contributed by atoms with Crippen LogP contribution in [0.2, 0.25) is 0 Å². The van der Waals surface area contributed by atoms with Crippen molar-refractivity contribution in [2.75, 3.05) is 0 Å². The van der Waals surface area contributed by atoms with E-state index in [2.05, 4.69) is 50.8 Å². The zero-order valence-corrected chi connectivity index (χ0v) is 12.7. The molecule has 1 unspecified atom stereocenters. The first-order chi connectivity index (χ1) is 7.10. The minimum absolute atomic E-state index is 0.615. The van der Waals surface area contributed by atoms with Crippen LogP contribution in [0.1, 0.15) is 38.1 Å². The lowest BCUT2D eigenvalue weighted by atomic mass is 10.1. The quantitative estimate of drug-likeness (QED) is 0.746. The van der Waals surface area contributed by atoms with Crippen molar-refractivity contribution >= 4 is 31.9 Å².